The molecule has 0 fully saturated rings. The molecule has 0 saturated heterocycles. The van der Waals surface area contributed by atoms with Crippen LogP contribution < -0.4 is 0 Å². The third kappa shape index (κ3) is 2.42. The maximum Gasteiger partial charge on any atom is 0.227 e. The second-order valence-corrected chi connectivity index (χ2v) is 6.20. The highest BCUT2D eigenvalue weighted by atomic mass is 16.2. The number of amides is 1. The lowest BCUT2D eigenvalue weighted by Crippen LogP contribution is -2.41. The van der Waals surface area contributed by atoms with E-state index >= 15 is 0 Å². The monoisotopic (exact) mass is 304 g/mol. The summed E-state index contributed by atoms with van der Waals surface area (Å²) in [6.07, 6.45) is 2.56. The SMILES string of the molecule is C[C@H]1c2cccn2CCN1C(=O)Cc1cccc2ccccc12. The molecule has 1 aliphatic heterocycles. The van der Waals surface area contributed by atoms with E-state index in [1.54, 1.807) is 0 Å². The molecule has 0 unspecified atom stereocenters. The molecule has 1 aliphatic rings. The van der Waals surface area contributed by atoms with Crippen LogP contribution in [0, 0.1) is 0 Å². The summed E-state index contributed by atoms with van der Waals surface area (Å²) in [5.74, 6) is 0.210. The molecule has 0 radical (unpaired) electrons. The van der Waals surface area contributed by atoms with Crippen molar-refractivity contribution in [3.63, 3.8) is 0 Å². The van der Waals surface area contributed by atoms with Crippen LogP contribution in [0.3, 0.4) is 0 Å². The Morgan fingerprint density at radius 3 is 2.78 bits per heavy atom. The third-order valence-corrected chi connectivity index (χ3v) is 4.88. The van der Waals surface area contributed by atoms with Gasteiger partial charge in [-0.15, -0.1) is 0 Å². The van der Waals surface area contributed by atoms with Gasteiger partial charge in [-0.05, 0) is 35.4 Å². The average Bonchev–Trinajstić information content (AvgIpc) is 3.05. The Morgan fingerprint density at radius 1 is 1.04 bits per heavy atom. The molecule has 3 heteroatoms. The zero-order chi connectivity index (χ0) is 15.8. The number of hydrogen-bond donors (Lipinski definition) is 0. The first-order valence-electron chi connectivity index (χ1n) is 8.15. The minimum atomic E-state index is 0.140. The van der Waals surface area contributed by atoms with Gasteiger partial charge in [-0.2, -0.15) is 0 Å². The van der Waals surface area contributed by atoms with Crippen LogP contribution in [0.5, 0.6) is 0 Å². The van der Waals surface area contributed by atoms with Crippen LogP contribution in [0.25, 0.3) is 10.8 Å². The van der Waals surface area contributed by atoms with Gasteiger partial charge in [0.2, 0.25) is 5.91 Å². The van der Waals surface area contributed by atoms with E-state index in [-0.39, 0.29) is 11.9 Å². The maximum absolute atomic E-state index is 12.9. The molecule has 0 spiro atoms. The Morgan fingerprint density at radius 2 is 1.87 bits per heavy atom. The average molecular weight is 304 g/mol. The minimum Gasteiger partial charge on any atom is -0.348 e. The topological polar surface area (TPSA) is 25.2 Å². The number of aromatic nitrogens is 1. The van der Waals surface area contributed by atoms with E-state index in [1.807, 2.05) is 23.1 Å². The van der Waals surface area contributed by atoms with E-state index in [1.165, 1.54) is 16.5 Å². The molecule has 3 aromatic rings. The summed E-state index contributed by atoms with van der Waals surface area (Å²) >= 11 is 0. The van der Waals surface area contributed by atoms with Gasteiger partial charge in [-0.3, -0.25) is 4.79 Å². The van der Waals surface area contributed by atoms with Crippen LogP contribution in [0.4, 0.5) is 0 Å². The Hall–Kier alpha value is -2.55. The van der Waals surface area contributed by atoms with E-state index in [0.29, 0.717) is 6.42 Å². The van der Waals surface area contributed by atoms with Gasteiger partial charge in [-0.25, -0.2) is 0 Å². The standard InChI is InChI=1S/C20H20N2O/c1-15-19-10-5-11-21(19)12-13-22(15)20(23)14-17-8-4-7-16-6-2-3-9-18(16)17/h2-11,15H,12-14H2,1H3/t15-/m0/s1. The summed E-state index contributed by atoms with van der Waals surface area (Å²) in [6.45, 7) is 3.78. The van der Waals surface area contributed by atoms with E-state index in [0.717, 1.165) is 18.7 Å². The molecular weight excluding hydrogens is 284 g/mol. The van der Waals surface area contributed by atoms with Crippen LogP contribution in [-0.2, 0) is 17.8 Å². The van der Waals surface area contributed by atoms with E-state index < -0.39 is 0 Å². The molecule has 2 aromatic carbocycles. The smallest absolute Gasteiger partial charge is 0.227 e. The predicted molar refractivity (Wildman–Crippen MR) is 92.2 cm³/mol. The molecular formula is C20H20N2O. The van der Waals surface area contributed by atoms with Crippen molar-refractivity contribution in [2.24, 2.45) is 0 Å². The van der Waals surface area contributed by atoms with Crippen LogP contribution in [0.2, 0.25) is 0 Å². The fraction of sp³-hybridized carbons (Fsp3) is 0.250. The second kappa shape index (κ2) is 5.58. The highest BCUT2D eigenvalue weighted by Crippen LogP contribution is 2.27. The van der Waals surface area contributed by atoms with Crippen molar-refractivity contribution in [3.05, 3.63) is 72.1 Å². The Labute approximate surface area is 136 Å². The van der Waals surface area contributed by atoms with Gasteiger partial charge < -0.3 is 9.47 Å². The molecule has 0 bridgehead atoms. The van der Waals surface area contributed by atoms with Gasteiger partial charge in [0, 0.05) is 25.0 Å². The molecule has 2 heterocycles. The largest absolute Gasteiger partial charge is 0.348 e. The van der Waals surface area contributed by atoms with E-state index in [2.05, 4.69) is 54.1 Å². The number of carbonyl (C=O) groups excluding carboxylic acids is 1. The zero-order valence-electron chi connectivity index (χ0n) is 13.3. The van der Waals surface area contributed by atoms with Crippen molar-refractivity contribution in [3.8, 4) is 0 Å². The van der Waals surface area contributed by atoms with Gasteiger partial charge in [0.1, 0.15) is 0 Å². The van der Waals surface area contributed by atoms with Crippen molar-refractivity contribution in [1.29, 1.82) is 0 Å². The minimum absolute atomic E-state index is 0.140. The molecule has 23 heavy (non-hydrogen) atoms. The number of nitrogens with zero attached hydrogens (tertiary/aromatic N) is 2. The first-order chi connectivity index (χ1) is 11.2. The van der Waals surface area contributed by atoms with E-state index in [9.17, 15) is 4.79 Å². The number of hydrogen-bond acceptors (Lipinski definition) is 1. The number of benzene rings is 2. The predicted octanol–water partition coefficient (Wildman–Crippen LogP) is 3.79. The molecule has 4 rings (SSSR count). The first-order valence-corrected chi connectivity index (χ1v) is 8.15. The summed E-state index contributed by atoms with van der Waals surface area (Å²) in [5.41, 5.74) is 2.34. The van der Waals surface area contributed by atoms with Gasteiger partial charge in [-0.1, -0.05) is 42.5 Å². The molecule has 0 saturated carbocycles. The van der Waals surface area contributed by atoms with Crippen molar-refractivity contribution in [2.75, 3.05) is 6.54 Å². The summed E-state index contributed by atoms with van der Waals surface area (Å²) < 4.78 is 2.24. The lowest BCUT2D eigenvalue weighted by molar-refractivity contribution is -0.133. The lowest BCUT2D eigenvalue weighted by Gasteiger charge is -2.35. The van der Waals surface area contributed by atoms with Crippen molar-refractivity contribution < 1.29 is 4.79 Å². The lowest BCUT2D eigenvalue weighted by atomic mass is 10.0. The zero-order valence-corrected chi connectivity index (χ0v) is 13.3. The fourth-order valence-corrected chi connectivity index (χ4v) is 3.63. The van der Waals surface area contributed by atoms with Crippen LogP contribution in [0.1, 0.15) is 24.2 Å². The second-order valence-electron chi connectivity index (χ2n) is 6.20. The summed E-state index contributed by atoms with van der Waals surface area (Å²) in [6, 6.07) is 18.8. The maximum atomic E-state index is 12.9. The van der Waals surface area contributed by atoms with E-state index in [4.69, 9.17) is 0 Å². The van der Waals surface area contributed by atoms with Crippen LogP contribution >= 0.6 is 0 Å². The quantitative estimate of drug-likeness (QED) is 0.707. The van der Waals surface area contributed by atoms with Crippen LogP contribution in [0.15, 0.2) is 60.8 Å². The molecule has 3 nitrogen and oxygen atoms in total. The molecule has 1 atom stereocenters. The van der Waals surface area contributed by atoms with Crippen LogP contribution in [-0.4, -0.2) is 21.9 Å². The molecule has 1 aromatic heterocycles. The number of carbonyl (C=O) groups is 1. The molecule has 116 valence electrons. The summed E-state index contributed by atoms with van der Waals surface area (Å²) in [4.78, 5) is 14.9. The number of fused-ring (bicyclic) bond motifs is 2. The van der Waals surface area contributed by atoms with Gasteiger partial charge in [0.15, 0.2) is 0 Å². The Bertz CT molecular complexity index is 859. The number of rotatable bonds is 2. The Kier molecular flexibility index (Phi) is 3.41. The van der Waals surface area contributed by atoms with Gasteiger partial charge >= 0.3 is 0 Å². The van der Waals surface area contributed by atoms with Gasteiger partial charge in [0.25, 0.3) is 0 Å². The highest BCUT2D eigenvalue weighted by molar-refractivity contribution is 5.90. The van der Waals surface area contributed by atoms with Gasteiger partial charge in [0.05, 0.1) is 12.5 Å². The summed E-state index contributed by atoms with van der Waals surface area (Å²) in [5, 5.41) is 2.37. The highest BCUT2D eigenvalue weighted by Gasteiger charge is 2.27. The summed E-state index contributed by atoms with van der Waals surface area (Å²) in [7, 11) is 0. The first kappa shape index (κ1) is 14.1. The Balaban J connectivity index is 1.61. The molecule has 0 N–H and O–H groups in total. The third-order valence-electron chi connectivity index (χ3n) is 4.88. The molecule has 0 aliphatic carbocycles. The van der Waals surface area contributed by atoms with Crippen molar-refractivity contribution in [1.82, 2.24) is 9.47 Å². The molecule has 1 amide bonds. The van der Waals surface area contributed by atoms with Crippen molar-refractivity contribution >= 4 is 16.7 Å². The van der Waals surface area contributed by atoms with Crippen molar-refractivity contribution in [2.45, 2.75) is 25.9 Å². The normalized spacial score (nSPS) is 17.3. The fourth-order valence-electron chi connectivity index (χ4n) is 3.63.